The average molecular weight is 239 g/mol. The smallest absolute Gasteiger partial charge is 0.126 e. The van der Waals surface area contributed by atoms with Crippen molar-refractivity contribution < 1.29 is 14.2 Å². The summed E-state index contributed by atoms with van der Waals surface area (Å²) in [5.41, 5.74) is 0. The topological polar surface area (TPSA) is 39.7 Å². The minimum absolute atomic E-state index is 0.447. The highest BCUT2D eigenvalue weighted by atomic mass is 16.5. The SMILES string of the molecule is CNC(C)CCOc1cc(OC)cc(OC)c1. The van der Waals surface area contributed by atoms with Crippen molar-refractivity contribution in [2.45, 2.75) is 19.4 Å². The lowest BCUT2D eigenvalue weighted by atomic mass is 10.2. The van der Waals surface area contributed by atoms with Gasteiger partial charge in [0.25, 0.3) is 0 Å². The minimum Gasteiger partial charge on any atom is -0.496 e. The molecule has 1 unspecified atom stereocenters. The third-order valence-electron chi connectivity index (χ3n) is 2.64. The first-order valence-corrected chi connectivity index (χ1v) is 5.72. The molecule has 0 aliphatic rings. The van der Waals surface area contributed by atoms with Gasteiger partial charge in [0.1, 0.15) is 17.2 Å². The van der Waals surface area contributed by atoms with Gasteiger partial charge in [0.2, 0.25) is 0 Å². The molecule has 0 aliphatic carbocycles. The third-order valence-corrected chi connectivity index (χ3v) is 2.64. The standard InChI is InChI=1S/C13H21NO3/c1-10(14-2)5-6-17-13-8-11(15-3)7-12(9-13)16-4/h7-10,14H,5-6H2,1-4H3. The fourth-order valence-corrected chi connectivity index (χ4v) is 1.36. The van der Waals surface area contributed by atoms with Crippen LogP contribution in [0.1, 0.15) is 13.3 Å². The van der Waals surface area contributed by atoms with Crippen molar-refractivity contribution >= 4 is 0 Å². The normalized spacial score (nSPS) is 12.0. The van der Waals surface area contributed by atoms with Crippen LogP contribution >= 0.6 is 0 Å². The summed E-state index contributed by atoms with van der Waals surface area (Å²) in [6.07, 6.45) is 0.954. The molecule has 96 valence electrons. The summed E-state index contributed by atoms with van der Waals surface area (Å²) in [6.45, 7) is 2.79. The zero-order chi connectivity index (χ0) is 12.7. The Kier molecular flexibility index (Phi) is 5.63. The van der Waals surface area contributed by atoms with Crippen LogP contribution in [0.5, 0.6) is 17.2 Å². The van der Waals surface area contributed by atoms with E-state index in [1.807, 2.05) is 25.2 Å². The largest absolute Gasteiger partial charge is 0.496 e. The van der Waals surface area contributed by atoms with Gasteiger partial charge < -0.3 is 19.5 Å². The number of ether oxygens (including phenoxy) is 3. The zero-order valence-electron chi connectivity index (χ0n) is 10.9. The predicted octanol–water partition coefficient (Wildman–Crippen LogP) is 2.08. The van der Waals surface area contributed by atoms with E-state index in [9.17, 15) is 0 Å². The van der Waals surface area contributed by atoms with Gasteiger partial charge >= 0.3 is 0 Å². The van der Waals surface area contributed by atoms with Gasteiger partial charge in [-0.15, -0.1) is 0 Å². The van der Waals surface area contributed by atoms with Crippen LogP contribution in [0.3, 0.4) is 0 Å². The summed E-state index contributed by atoms with van der Waals surface area (Å²) in [6, 6.07) is 5.98. The van der Waals surface area contributed by atoms with Crippen molar-refractivity contribution in [1.82, 2.24) is 5.32 Å². The van der Waals surface area contributed by atoms with Crippen LogP contribution in [0, 0.1) is 0 Å². The molecule has 4 heteroatoms. The Hall–Kier alpha value is -1.42. The Morgan fingerprint density at radius 3 is 2.06 bits per heavy atom. The molecule has 0 spiro atoms. The van der Waals surface area contributed by atoms with E-state index in [0.717, 1.165) is 23.7 Å². The third kappa shape index (κ3) is 4.53. The first-order valence-electron chi connectivity index (χ1n) is 5.72. The summed E-state index contributed by atoms with van der Waals surface area (Å²) in [4.78, 5) is 0. The first kappa shape index (κ1) is 13.6. The van der Waals surface area contributed by atoms with E-state index in [2.05, 4.69) is 12.2 Å². The molecule has 1 aromatic rings. The van der Waals surface area contributed by atoms with Gasteiger partial charge in [-0.25, -0.2) is 0 Å². The van der Waals surface area contributed by atoms with E-state index in [-0.39, 0.29) is 0 Å². The molecule has 1 atom stereocenters. The molecule has 1 aromatic carbocycles. The van der Waals surface area contributed by atoms with Gasteiger partial charge in [0.05, 0.1) is 20.8 Å². The molecule has 4 nitrogen and oxygen atoms in total. The highest BCUT2D eigenvalue weighted by Gasteiger charge is 2.04. The quantitative estimate of drug-likeness (QED) is 0.791. The molecule has 1 rings (SSSR count). The molecule has 17 heavy (non-hydrogen) atoms. The van der Waals surface area contributed by atoms with Crippen molar-refractivity contribution in [1.29, 1.82) is 0 Å². The lowest BCUT2D eigenvalue weighted by molar-refractivity contribution is 0.289. The Balaban J connectivity index is 2.57. The van der Waals surface area contributed by atoms with Crippen molar-refractivity contribution in [3.8, 4) is 17.2 Å². The number of hydrogen-bond acceptors (Lipinski definition) is 4. The maximum atomic E-state index is 5.66. The predicted molar refractivity (Wildman–Crippen MR) is 68.2 cm³/mol. The van der Waals surface area contributed by atoms with Crippen molar-refractivity contribution in [2.75, 3.05) is 27.9 Å². The fourth-order valence-electron chi connectivity index (χ4n) is 1.36. The molecule has 0 fully saturated rings. The maximum Gasteiger partial charge on any atom is 0.126 e. The lowest BCUT2D eigenvalue weighted by Crippen LogP contribution is -2.23. The van der Waals surface area contributed by atoms with Crippen LogP contribution in [0.25, 0.3) is 0 Å². The van der Waals surface area contributed by atoms with Crippen LogP contribution in [0.15, 0.2) is 18.2 Å². The van der Waals surface area contributed by atoms with E-state index < -0.39 is 0 Å². The van der Waals surface area contributed by atoms with E-state index >= 15 is 0 Å². The van der Waals surface area contributed by atoms with Crippen molar-refractivity contribution in [3.05, 3.63) is 18.2 Å². The van der Waals surface area contributed by atoms with Gasteiger partial charge in [0.15, 0.2) is 0 Å². The molecule has 0 aliphatic heterocycles. The maximum absolute atomic E-state index is 5.66. The van der Waals surface area contributed by atoms with Crippen LogP contribution in [-0.2, 0) is 0 Å². The van der Waals surface area contributed by atoms with E-state index in [1.165, 1.54) is 0 Å². The molecule has 0 bridgehead atoms. The molecular weight excluding hydrogens is 218 g/mol. The zero-order valence-corrected chi connectivity index (χ0v) is 10.9. The molecule has 0 heterocycles. The second kappa shape index (κ2) is 7.01. The summed E-state index contributed by atoms with van der Waals surface area (Å²) in [7, 11) is 5.20. The highest BCUT2D eigenvalue weighted by Crippen LogP contribution is 2.27. The van der Waals surface area contributed by atoms with E-state index in [1.54, 1.807) is 14.2 Å². The van der Waals surface area contributed by atoms with Gasteiger partial charge in [0, 0.05) is 24.2 Å². The summed E-state index contributed by atoms with van der Waals surface area (Å²) >= 11 is 0. The first-order chi connectivity index (χ1) is 8.19. The molecule has 0 aromatic heterocycles. The van der Waals surface area contributed by atoms with Crippen molar-refractivity contribution in [3.63, 3.8) is 0 Å². The Bertz CT molecular complexity index is 319. The Labute approximate surface area is 103 Å². The molecule has 1 N–H and O–H groups in total. The fraction of sp³-hybridized carbons (Fsp3) is 0.538. The second-order valence-corrected chi connectivity index (χ2v) is 3.88. The lowest BCUT2D eigenvalue weighted by Gasteiger charge is -2.12. The van der Waals surface area contributed by atoms with Gasteiger partial charge in [-0.2, -0.15) is 0 Å². The Morgan fingerprint density at radius 2 is 1.59 bits per heavy atom. The number of rotatable bonds is 7. The molecular formula is C13H21NO3. The number of nitrogens with one attached hydrogen (secondary N) is 1. The molecule has 0 radical (unpaired) electrons. The summed E-state index contributed by atoms with van der Waals surface area (Å²) in [5, 5.41) is 3.17. The number of hydrogen-bond donors (Lipinski definition) is 1. The van der Waals surface area contributed by atoms with Crippen LogP contribution < -0.4 is 19.5 Å². The van der Waals surface area contributed by atoms with Crippen LogP contribution in [-0.4, -0.2) is 33.9 Å². The monoisotopic (exact) mass is 239 g/mol. The van der Waals surface area contributed by atoms with Gasteiger partial charge in [-0.05, 0) is 20.4 Å². The van der Waals surface area contributed by atoms with E-state index in [0.29, 0.717) is 12.6 Å². The average Bonchev–Trinajstić information content (AvgIpc) is 2.37. The van der Waals surface area contributed by atoms with Crippen LogP contribution in [0.2, 0.25) is 0 Å². The molecule has 0 saturated heterocycles. The number of benzene rings is 1. The summed E-state index contributed by atoms with van der Waals surface area (Å²) < 4.78 is 16.0. The number of methoxy groups -OCH3 is 2. The summed E-state index contributed by atoms with van der Waals surface area (Å²) in [5.74, 6) is 2.24. The molecule has 0 saturated carbocycles. The van der Waals surface area contributed by atoms with Gasteiger partial charge in [-0.3, -0.25) is 0 Å². The Morgan fingerprint density at radius 1 is 1.06 bits per heavy atom. The molecule has 0 amide bonds. The highest BCUT2D eigenvalue weighted by molar-refractivity contribution is 5.41. The minimum atomic E-state index is 0.447. The second-order valence-electron chi connectivity index (χ2n) is 3.88. The van der Waals surface area contributed by atoms with E-state index in [4.69, 9.17) is 14.2 Å². The van der Waals surface area contributed by atoms with Crippen LogP contribution in [0.4, 0.5) is 0 Å². The van der Waals surface area contributed by atoms with Crippen molar-refractivity contribution in [2.24, 2.45) is 0 Å². The van der Waals surface area contributed by atoms with Gasteiger partial charge in [-0.1, -0.05) is 0 Å².